The lowest BCUT2D eigenvalue weighted by Gasteiger charge is -2.05. The molecule has 0 saturated carbocycles. The van der Waals surface area contributed by atoms with E-state index in [4.69, 9.17) is 0 Å². The third-order valence-electron chi connectivity index (χ3n) is 3.57. The Morgan fingerprint density at radius 3 is 2.39 bits per heavy atom. The maximum atomic E-state index is 12.2. The van der Waals surface area contributed by atoms with Crippen molar-refractivity contribution in [3.8, 4) is 5.75 Å². The molecule has 0 spiro atoms. The third kappa shape index (κ3) is 3.37. The van der Waals surface area contributed by atoms with Gasteiger partial charge in [-0.05, 0) is 35.4 Å². The van der Waals surface area contributed by atoms with Gasteiger partial charge in [-0.25, -0.2) is 5.43 Å². The largest absolute Gasteiger partial charge is 0.507 e. The Morgan fingerprint density at radius 1 is 1.04 bits per heavy atom. The lowest BCUT2D eigenvalue weighted by molar-refractivity contribution is 0.0952. The Kier molecular flexibility index (Phi) is 4.06. The number of rotatable bonds is 3. The van der Waals surface area contributed by atoms with Crippen molar-refractivity contribution in [3.05, 3.63) is 77.4 Å². The summed E-state index contributed by atoms with van der Waals surface area (Å²) < 4.78 is 0. The molecular weight excluding hydrogens is 288 g/mol. The Morgan fingerprint density at radius 2 is 1.70 bits per heavy atom. The molecule has 0 aliphatic heterocycles. The molecule has 3 aromatic carbocycles. The number of phenolic OH excluding ortho intramolecular Hbond substituents is 1. The Hall–Kier alpha value is -3.14. The number of carbonyl (C=O) groups is 1. The van der Waals surface area contributed by atoms with Crippen LogP contribution in [0.3, 0.4) is 0 Å². The first-order valence-electron chi connectivity index (χ1n) is 7.25. The molecule has 1 amide bonds. The number of carbonyl (C=O) groups excluding carboxylic acids is 1. The summed E-state index contributed by atoms with van der Waals surface area (Å²) >= 11 is 0. The SMILES string of the molecule is Cc1ccc(/C=N/NC(=O)c2cc3ccccc3cc2O)cc1. The van der Waals surface area contributed by atoms with Crippen molar-refractivity contribution >= 4 is 22.9 Å². The van der Waals surface area contributed by atoms with Crippen LogP contribution in [0.5, 0.6) is 5.75 Å². The minimum absolute atomic E-state index is 0.0632. The average Bonchev–Trinajstić information content (AvgIpc) is 2.56. The monoisotopic (exact) mass is 304 g/mol. The molecule has 0 aromatic heterocycles. The molecule has 0 aliphatic rings. The van der Waals surface area contributed by atoms with Crippen molar-refractivity contribution in [2.24, 2.45) is 5.10 Å². The molecule has 3 rings (SSSR count). The molecule has 0 fully saturated rings. The first kappa shape index (κ1) is 14.8. The van der Waals surface area contributed by atoms with Gasteiger partial charge in [-0.3, -0.25) is 4.79 Å². The molecule has 4 heteroatoms. The molecule has 0 bridgehead atoms. The van der Waals surface area contributed by atoms with E-state index in [0.29, 0.717) is 0 Å². The van der Waals surface area contributed by atoms with E-state index >= 15 is 0 Å². The van der Waals surface area contributed by atoms with Crippen LogP contribution in [-0.4, -0.2) is 17.2 Å². The van der Waals surface area contributed by atoms with Crippen molar-refractivity contribution in [1.29, 1.82) is 0 Å². The molecule has 3 aromatic rings. The second-order valence-electron chi connectivity index (χ2n) is 5.33. The number of nitrogens with one attached hydrogen (secondary N) is 1. The Bertz CT molecular complexity index is 884. The molecule has 114 valence electrons. The van der Waals surface area contributed by atoms with E-state index in [1.165, 1.54) is 0 Å². The van der Waals surface area contributed by atoms with Gasteiger partial charge in [0.1, 0.15) is 5.75 Å². The van der Waals surface area contributed by atoms with Gasteiger partial charge in [-0.15, -0.1) is 0 Å². The van der Waals surface area contributed by atoms with Crippen LogP contribution in [0.1, 0.15) is 21.5 Å². The smallest absolute Gasteiger partial charge is 0.275 e. The number of hydrazone groups is 1. The lowest BCUT2D eigenvalue weighted by Crippen LogP contribution is -2.17. The van der Waals surface area contributed by atoms with Crippen molar-refractivity contribution in [2.45, 2.75) is 6.92 Å². The number of aryl methyl sites for hydroxylation is 1. The molecule has 23 heavy (non-hydrogen) atoms. The van der Waals surface area contributed by atoms with Crippen LogP contribution >= 0.6 is 0 Å². The minimum Gasteiger partial charge on any atom is -0.507 e. The number of phenols is 1. The van der Waals surface area contributed by atoms with Crippen LogP contribution in [0.2, 0.25) is 0 Å². The summed E-state index contributed by atoms with van der Waals surface area (Å²) in [6.07, 6.45) is 1.56. The molecule has 0 atom stereocenters. The molecule has 0 aliphatic carbocycles. The van der Waals surface area contributed by atoms with Crippen LogP contribution in [0, 0.1) is 6.92 Å². The van der Waals surface area contributed by atoms with E-state index in [9.17, 15) is 9.90 Å². The molecule has 0 heterocycles. The number of amides is 1. The highest BCUT2D eigenvalue weighted by atomic mass is 16.3. The molecular formula is C19H16N2O2. The van der Waals surface area contributed by atoms with Crippen LogP contribution in [0.15, 0.2) is 65.8 Å². The van der Waals surface area contributed by atoms with Gasteiger partial charge in [-0.1, -0.05) is 54.1 Å². The zero-order chi connectivity index (χ0) is 16.2. The van der Waals surface area contributed by atoms with E-state index < -0.39 is 5.91 Å². The van der Waals surface area contributed by atoms with Gasteiger partial charge in [0.05, 0.1) is 11.8 Å². The van der Waals surface area contributed by atoms with Crippen molar-refractivity contribution in [1.82, 2.24) is 5.43 Å². The number of aromatic hydroxyl groups is 1. The van der Waals surface area contributed by atoms with Crippen LogP contribution < -0.4 is 5.43 Å². The van der Waals surface area contributed by atoms with E-state index in [1.54, 1.807) is 18.3 Å². The van der Waals surface area contributed by atoms with Crippen LogP contribution in [-0.2, 0) is 0 Å². The highest BCUT2D eigenvalue weighted by molar-refractivity contribution is 6.01. The maximum absolute atomic E-state index is 12.2. The van der Waals surface area contributed by atoms with Gasteiger partial charge >= 0.3 is 0 Å². The summed E-state index contributed by atoms with van der Waals surface area (Å²) in [5.41, 5.74) is 4.68. The fourth-order valence-corrected chi connectivity index (χ4v) is 2.29. The van der Waals surface area contributed by atoms with Gasteiger partial charge < -0.3 is 5.11 Å². The summed E-state index contributed by atoms with van der Waals surface area (Å²) in [6, 6.07) is 18.5. The lowest BCUT2D eigenvalue weighted by atomic mass is 10.1. The van der Waals surface area contributed by atoms with Crippen molar-refractivity contribution in [3.63, 3.8) is 0 Å². The quantitative estimate of drug-likeness (QED) is 0.573. The fraction of sp³-hybridized carbons (Fsp3) is 0.0526. The summed E-state index contributed by atoms with van der Waals surface area (Å²) in [6.45, 7) is 2.01. The van der Waals surface area contributed by atoms with E-state index in [2.05, 4.69) is 10.5 Å². The van der Waals surface area contributed by atoms with Crippen LogP contribution in [0.4, 0.5) is 0 Å². The molecule has 4 nitrogen and oxygen atoms in total. The van der Waals surface area contributed by atoms with Crippen molar-refractivity contribution in [2.75, 3.05) is 0 Å². The van der Waals surface area contributed by atoms with E-state index in [0.717, 1.165) is 21.9 Å². The third-order valence-corrected chi connectivity index (χ3v) is 3.57. The summed E-state index contributed by atoms with van der Waals surface area (Å²) in [5.74, 6) is -0.511. The second kappa shape index (κ2) is 6.32. The Labute approximate surface area is 134 Å². The number of hydrogen-bond acceptors (Lipinski definition) is 3. The zero-order valence-electron chi connectivity index (χ0n) is 12.7. The normalized spacial score (nSPS) is 11.0. The minimum atomic E-state index is -0.448. The van der Waals surface area contributed by atoms with Gasteiger partial charge in [0.25, 0.3) is 5.91 Å². The predicted molar refractivity (Wildman–Crippen MR) is 91.9 cm³/mol. The molecule has 2 N–H and O–H groups in total. The predicted octanol–water partition coefficient (Wildman–Crippen LogP) is 3.62. The standard InChI is InChI=1S/C19H16N2O2/c1-13-6-8-14(9-7-13)12-20-21-19(23)17-10-15-4-2-3-5-16(15)11-18(17)22/h2-12,22H,1H3,(H,21,23)/b20-12+. The topological polar surface area (TPSA) is 61.7 Å². The van der Waals surface area contributed by atoms with E-state index in [-0.39, 0.29) is 11.3 Å². The number of fused-ring (bicyclic) bond motifs is 1. The van der Waals surface area contributed by atoms with Gasteiger partial charge in [0.2, 0.25) is 0 Å². The number of benzene rings is 3. The highest BCUT2D eigenvalue weighted by Crippen LogP contribution is 2.24. The molecule has 0 radical (unpaired) electrons. The highest BCUT2D eigenvalue weighted by Gasteiger charge is 2.11. The second-order valence-corrected chi connectivity index (χ2v) is 5.33. The van der Waals surface area contributed by atoms with Gasteiger partial charge in [-0.2, -0.15) is 5.10 Å². The van der Waals surface area contributed by atoms with E-state index in [1.807, 2.05) is 55.5 Å². The Balaban J connectivity index is 1.78. The molecule has 0 unspecified atom stereocenters. The first-order chi connectivity index (χ1) is 11.1. The van der Waals surface area contributed by atoms with Crippen LogP contribution in [0.25, 0.3) is 10.8 Å². The van der Waals surface area contributed by atoms with Crippen molar-refractivity contribution < 1.29 is 9.90 Å². The molecule has 0 saturated heterocycles. The summed E-state index contributed by atoms with van der Waals surface area (Å²) in [5, 5.41) is 15.7. The number of nitrogens with zero attached hydrogens (tertiary/aromatic N) is 1. The maximum Gasteiger partial charge on any atom is 0.275 e. The summed E-state index contributed by atoms with van der Waals surface area (Å²) in [4.78, 5) is 12.2. The summed E-state index contributed by atoms with van der Waals surface area (Å²) in [7, 11) is 0. The van der Waals surface area contributed by atoms with Gasteiger partial charge in [0, 0.05) is 0 Å². The number of hydrogen-bond donors (Lipinski definition) is 2. The average molecular weight is 304 g/mol. The fourth-order valence-electron chi connectivity index (χ4n) is 2.29. The zero-order valence-corrected chi connectivity index (χ0v) is 12.7. The van der Waals surface area contributed by atoms with Gasteiger partial charge in [0.15, 0.2) is 0 Å². The first-order valence-corrected chi connectivity index (χ1v) is 7.25.